The summed E-state index contributed by atoms with van der Waals surface area (Å²) in [6.45, 7) is 0.361. The smallest absolute Gasteiger partial charge is 0.335 e. The number of hydrogen-bond donors (Lipinski definition) is 3. The van der Waals surface area contributed by atoms with Gasteiger partial charge in [-0.3, -0.25) is 9.78 Å². The summed E-state index contributed by atoms with van der Waals surface area (Å²) in [5.74, 6) is 0.145. The monoisotopic (exact) mass is 562 g/mol. The minimum Gasteiger partial charge on any atom is -0.478 e. The zero-order valence-electron chi connectivity index (χ0n) is 21.9. The van der Waals surface area contributed by atoms with Crippen LogP contribution in [-0.4, -0.2) is 38.5 Å². The van der Waals surface area contributed by atoms with Crippen LogP contribution in [0, 0.1) is 0 Å². The number of benzene rings is 3. The second-order valence-electron chi connectivity index (χ2n) is 9.73. The summed E-state index contributed by atoms with van der Waals surface area (Å²) in [5, 5.41) is 18.2. The standard InChI is InChI=1S/C32H26N4O4S/c37-28(34-24-10-5-7-20-6-1-2-8-23(20)24)17-19-36-30(29(35-32(36)41)25-9-3-4-18-33-25)27-16-15-26(40-27)21-11-13-22(14-12-21)31(38)39/h1-16,18,29-30H,17,19H2,(H,34,37)(H,35,41)(H,38,39)/t29-,30-/m0/s1. The zero-order chi connectivity index (χ0) is 28.3. The molecule has 6 rings (SSSR count). The maximum Gasteiger partial charge on any atom is 0.335 e. The number of hydrogen-bond acceptors (Lipinski definition) is 5. The Bertz CT molecular complexity index is 1730. The minimum absolute atomic E-state index is 0.122. The van der Waals surface area contributed by atoms with Crippen molar-refractivity contribution in [1.82, 2.24) is 15.2 Å². The number of aromatic nitrogens is 1. The van der Waals surface area contributed by atoms with Crippen LogP contribution < -0.4 is 10.6 Å². The third kappa shape index (κ3) is 5.39. The van der Waals surface area contributed by atoms with Gasteiger partial charge in [-0.1, -0.05) is 54.6 Å². The summed E-state index contributed by atoms with van der Waals surface area (Å²) in [6, 6.07) is 29.1. The summed E-state index contributed by atoms with van der Waals surface area (Å²) in [6.07, 6.45) is 1.94. The maximum absolute atomic E-state index is 13.1. The molecule has 9 heteroatoms. The second kappa shape index (κ2) is 11.2. The number of nitrogens with zero attached hydrogens (tertiary/aromatic N) is 2. The topological polar surface area (TPSA) is 108 Å². The molecular formula is C32H26N4O4S. The Kier molecular flexibility index (Phi) is 7.18. The van der Waals surface area contributed by atoms with Crippen LogP contribution in [0.5, 0.6) is 0 Å². The van der Waals surface area contributed by atoms with Gasteiger partial charge in [-0.15, -0.1) is 0 Å². The summed E-state index contributed by atoms with van der Waals surface area (Å²) in [4.78, 5) is 30.9. The van der Waals surface area contributed by atoms with Gasteiger partial charge in [0.2, 0.25) is 5.91 Å². The van der Waals surface area contributed by atoms with E-state index in [4.69, 9.17) is 16.6 Å². The van der Waals surface area contributed by atoms with Crippen LogP contribution in [0.15, 0.2) is 108 Å². The molecule has 0 spiro atoms. The second-order valence-corrected chi connectivity index (χ2v) is 10.1. The first kappa shape index (κ1) is 26.2. The molecule has 1 aliphatic heterocycles. The number of aromatic carboxylic acids is 1. The van der Waals surface area contributed by atoms with Crippen molar-refractivity contribution in [3.63, 3.8) is 0 Å². The van der Waals surface area contributed by atoms with Crippen molar-refractivity contribution in [2.24, 2.45) is 0 Å². The van der Waals surface area contributed by atoms with Crippen LogP contribution in [0.3, 0.4) is 0 Å². The SMILES string of the molecule is O=C(CCN1C(=S)N[C@@H](c2ccccn2)[C@@H]1c1ccc(-c2ccc(C(=O)O)cc2)o1)Nc1cccc2ccccc12. The Morgan fingerprint density at radius 1 is 0.951 bits per heavy atom. The molecule has 1 fully saturated rings. The highest BCUT2D eigenvalue weighted by Crippen LogP contribution is 2.40. The quantitative estimate of drug-likeness (QED) is 0.192. The molecule has 3 aromatic carbocycles. The van der Waals surface area contributed by atoms with Crippen molar-refractivity contribution in [2.45, 2.75) is 18.5 Å². The predicted molar refractivity (Wildman–Crippen MR) is 160 cm³/mol. The molecule has 1 aliphatic rings. The molecule has 2 atom stereocenters. The van der Waals surface area contributed by atoms with Crippen LogP contribution in [0.25, 0.3) is 22.1 Å². The predicted octanol–water partition coefficient (Wildman–Crippen LogP) is 6.19. The number of nitrogens with one attached hydrogen (secondary N) is 2. The van der Waals surface area contributed by atoms with Crippen molar-refractivity contribution in [3.8, 4) is 11.3 Å². The van der Waals surface area contributed by atoms with E-state index < -0.39 is 5.97 Å². The summed E-state index contributed by atoms with van der Waals surface area (Å²) >= 11 is 5.74. The van der Waals surface area contributed by atoms with E-state index in [2.05, 4.69) is 15.6 Å². The lowest BCUT2D eigenvalue weighted by Crippen LogP contribution is -2.32. The van der Waals surface area contributed by atoms with Crippen molar-refractivity contribution in [1.29, 1.82) is 0 Å². The molecule has 0 saturated carbocycles. The lowest BCUT2D eigenvalue weighted by molar-refractivity contribution is -0.116. The molecule has 3 N–H and O–H groups in total. The highest BCUT2D eigenvalue weighted by molar-refractivity contribution is 7.80. The summed E-state index contributed by atoms with van der Waals surface area (Å²) < 4.78 is 6.32. The largest absolute Gasteiger partial charge is 0.478 e. The Morgan fingerprint density at radius 3 is 2.51 bits per heavy atom. The average Bonchev–Trinajstić information content (AvgIpc) is 3.61. The first-order valence-electron chi connectivity index (χ1n) is 13.2. The fourth-order valence-corrected chi connectivity index (χ4v) is 5.50. The molecule has 5 aromatic rings. The number of carboxylic acids is 1. The molecule has 0 unspecified atom stereocenters. The van der Waals surface area contributed by atoms with E-state index in [1.165, 1.54) is 0 Å². The molecule has 1 saturated heterocycles. The van der Waals surface area contributed by atoms with Gasteiger partial charge >= 0.3 is 5.97 Å². The van der Waals surface area contributed by atoms with Crippen LogP contribution >= 0.6 is 12.2 Å². The van der Waals surface area contributed by atoms with E-state index >= 15 is 0 Å². The van der Waals surface area contributed by atoms with Gasteiger partial charge in [-0.2, -0.15) is 0 Å². The van der Waals surface area contributed by atoms with E-state index in [1.54, 1.807) is 30.5 Å². The number of amides is 1. The number of furan rings is 1. The third-order valence-corrected chi connectivity index (χ3v) is 7.53. The Morgan fingerprint density at radius 2 is 1.73 bits per heavy atom. The molecule has 0 radical (unpaired) electrons. The normalized spacial score (nSPS) is 16.5. The van der Waals surface area contributed by atoms with Gasteiger partial charge < -0.3 is 25.1 Å². The number of fused-ring (bicyclic) bond motifs is 1. The first-order chi connectivity index (χ1) is 20.0. The maximum atomic E-state index is 13.1. The molecule has 0 aliphatic carbocycles. The number of pyridine rings is 1. The minimum atomic E-state index is -0.986. The molecule has 3 heterocycles. The first-order valence-corrected chi connectivity index (χ1v) is 13.6. The van der Waals surface area contributed by atoms with E-state index in [0.29, 0.717) is 23.2 Å². The van der Waals surface area contributed by atoms with E-state index in [1.807, 2.05) is 77.7 Å². The number of carbonyl (C=O) groups excluding carboxylic acids is 1. The number of thiocarbonyl (C=S) groups is 1. The Balaban J connectivity index is 1.25. The van der Waals surface area contributed by atoms with Crippen LogP contribution in [0.2, 0.25) is 0 Å². The van der Waals surface area contributed by atoms with Crippen molar-refractivity contribution >= 4 is 45.7 Å². The van der Waals surface area contributed by atoms with E-state index in [0.717, 1.165) is 27.7 Å². The van der Waals surface area contributed by atoms with Gasteiger partial charge in [-0.25, -0.2) is 4.79 Å². The molecule has 0 bridgehead atoms. The molecular weight excluding hydrogens is 536 g/mol. The third-order valence-electron chi connectivity index (χ3n) is 7.18. The zero-order valence-corrected chi connectivity index (χ0v) is 22.7. The lowest BCUT2D eigenvalue weighted by atomic mass is 10.0. The van der Waals surface area contributed by atoms with Crippen LogP contribution in [0.4, 0.5) is 5.69 Å². The molecule has 8 nitrogen and oxygen atoms in total. The number of carbonyl (C=O) groups is 2. The van der Waals surface area contributed by atoms with Gasteiger partial charge in [0.1, 0.15) is 17.6 Å². The molecule has 2 aromatic heterocycles. The van der Waals surface area contributed by atoms with Crippen molar-refractivity contribution < 1.29 is 19.1 Å². The van der Waals surface area contributed by atoms with E-state index in [9.17, 15) is 14.7 Å². The Hall–Kier alpha value is -5.02. The molecule has 204 valence electrons. The number of anilines is 1. The number of rotatable bonds is 8. The Labute approximate surface area is 241 Å². The van der Waals surface area contributed by atoms with Crippen LogP contribution in [0.1, 0.15) is 40.3 Å². The van der Waals surface area contributed by atoms with Gasteiger partial charge in [0, 0.05) is 35.8 Å². The van der Waals surface area contributed by atoms with Crippen molar-refractivity contribution in [3.05, 3.63) is 120 Å². The van der Waals surface area contributed by atoms with E-state index in [-0.39, 0.29) is 30.0 Å². The highest BCUT2D eigenvalue weighted by atomic mass is 32.1. The summed E-state index contributed by atoms with van der Waals surface area (Å²) in [5.41, 5.74) is 2.52. The fourth-order valence-electron chi connectivity index (χ4n) is 5.17. The highest BCUT2D eigenvalue weighted by Gasteiger charge is 2.41. The number of carboxylic acid groups (broad SMARTS) is 1. The molecule has 41 heavy (non-hydrogen) atoms. The van der Waals surface area contributed by atoms with Gasteiger partial charge in [0.25, 0.3) is 0 Å². The van der Waals surface area contributed by atoms with Gasteiger partial charge in [0.05, 0.1) is 17.3 Å². The van der Waals surface area contributed by atoms with Crippen molar-refractivity contribution in [2.75, 3.05) is 11.9 Å². The van der Waals surface area contributed by atoms with Gasteiger partial charge in [-0.05, 0) is 60.1 Å². The van der Waals surface area contributed by atoms with Gasteiger partial charge in [0.15, 0.2) is 5.11 Å². The average molecular weight is 563 g/mol. The lowest BCUT2D eigenvalue weighted by Gasteiger charge is -2.26. The van der Waals surface area contributed by atoms with Crippen LogP contribution in [-0.2, 0) is 4.79 Å². The molecule has 1 amide bonds. The fraction of sp³-hybridized carbons (Fsp3) is 0.125. The summed E-state index contributed by atoms with van der Waals surface area (Å²) in [7, 11) is 0.